The van der Waals surface area contributed by atoms with Crippen LogP contribution >= 0.6 is 0 Å². The number of carboxylic acid groups (broad SMARTS) is 1. The van der Waals surface area contributed by atoms with E-state index in [2.05, 4.69) is 10.3 Å². The van der Waals surface area contributed by atoms with E-state index < -0.39 is 17.6 Å². The molecule has 0 amide bonds. The summed E-state index contributed by atoms with van der Waals surface area (Å²) in [7, 11) is 0. The Kier molecular flexibility index (Phi) is 6.86. The summed E-state index contributed by atoms with van der Waals surface area (Å²) in [5.41, 5.74) is -0.140. The molecular formula is C12H9F2LiN2O3. The van der Waals surface area contributed by atoms with Gasteiger partial charge in [0.15, 0.2) is 0 Å². The number of rotatable bonds is 3. The number of aromatic nitrogens is 1. The van der Waals surface area contributed by atoms with Gasteiger partial charge in [-0.15, -0.1) is 0 Å². The third-order valence-corrected chi connectivity index (χ3v) is 2.22. The smallest absolute Gasteiger partial charge is 0.870 e. The van der Waals surface area contributed by atoms with Crippen molar-refractivity contribution < 1.29 is 43.0 Å². The van der Waals surface area contributed by atoms with Crippen molar-refractivity contribution in [1.29, 1.82) is 0 Å². The van der Waals surface area contributed by atoms with E-state index in [1.165, 1.54) is 24.4 Å². The van der Waals surface area contributed by atoms with E-state index in [0.717, 1.165) is 6.07 Å². The van der Waals surface area contributed by atoms with Crippen molar-refractivity contribution in [2.75, 3.05) is 5.32 Å². The maximum Gasteiger partial charge on any atom is 1.00 e. The molecule has 0 saturated carbocycles. The number of carbonyl (C=O) groups is 1. The molecule has 2 rings (SSSR count). The van der Waals surface area contributed by atoms with Gasteiger partial charge in [-0.3, -0.25) is 0 Å². The van der Waals surface area contributed by atoms with Crippen LogP contribution in [0.25, 0.3) is 0 Å². The predicted molar refractivity (Wildman–Crippen MR) is 62.8 cm³/mol. The van der Waals surface area contributed by atoms with E-state index in [9.17, 15) is 13.6 Å². The zero-order valence-corrected chi connectivity index (χ0v) is 10.5. The number of carboxylic acids is 1. The van der Waals surface area contributed by atoms with Crippen molar-refractivity contribution >= 4 is 17.5 Å². The zero-order chi connectivity index (χ0) is 13.1. The number of nitrogens with one attached hydrogen (secondary N) is 1. The van der Waals surface area contributed by atoms with E-state index >= 15 is 0 Å². The summed E-state index contributed by atoms with van der Waals surface area (Å²) in [6.07, 6.45) is 1.37. The van der Waals surface area contributed by atoms with Crippen LogP contribution in [0.5, 0.6) is 0 Å². The molecule has 8 heteroatoms. The van der Waals surface area contributed by atoms with Gasteiger partial charge < -0.3 is 15.9 Å². The number of nitrogens with zero attached hydrogens (tertiary/aromatic N) is 1. The molecule has 0 bridgehead atoms. The van der Waals surface area contributed by atoms with Gasteiger partial charge in [-0.1, -0.05) is 0 Å². The summed E-state index contributed by atoms with van der Waals surface area (Å²) in [5.74, 6) is -2.72. The second-order valence-electron chi connectivity index (χ2n) is 3.45. The van der Waals surface area contributed by atoms with E-state index in [1.807, 2.05) is 0 Å². The van der Waals surface area contributed by atoms with Crippen LogP contribution in [0.3, 0.4) is 0 Å². The standard InChI is InChI=1S/C12H8F2N2O2.Li.H2O/c13-7-3-4-10(9(14)6-7)16-11-8(12(17)18)2-1-5-15-11;;/h1-6H,(H,15,16)(H,17,18);;1H2/q;+1;/p-1. The molecule has 100 valence electrons. The summed E-state index contributed by atoms with van der Waals surface area (Å²) in [6, 6.07) is 5.72. The first-order valence-corrected chi connectivity index (χ1v) is 4.98. The Bertz CT molecular complexity index is 611. The monoisotopic (exact) mass is 274 g/mol. The molecule has 3 N–H and O–H groups in total. The zero-order valence-electron chi connectivity index (χ0n) is 10.5. The Hall–Kier alpha value is -1.94. The van der Waals surface area contributed by atoms with Crippen LogP contribution in [0.1, 0.15) is 10.4 Å². The van der Waals surface area contributed by atoms with Crippen molar-refractivity contribution in [3.63, 3.8) is 0 Å². The summed E-state index contributed by atoms with van der Waals surface area (Å²) < 4.78 is 26.1. The van der Waals surface area contributed by atoms with E-state index in [1.54, 1.807) is 0 Å². The molecular weight excluding hydrogens is 265 g/mol. The van der Waals surface area contributed by atoms with Crippen LogP contribution in [-0.2, 0) is 0 Å². The molecule has 1 aromatic heterocycles. The third-order valence-electron chi connectivity index (χ3n) is 2.22. The fourth-order valence-corrected chi connectivity index (χ4v) is 1.40. The maximum atomic E-state index is 13.4. The van der Waals surface area contributed by atoms with Gasteiger partial charge >= 0.3 is 24.8 Å². The normalized spacial score (nSPS) is 9.10. The second kappa shape index (κ2) is 7.60. The Labute approximate surface area is 125 Å². The summed E-state index contributed by atoms with van der Waals surface area (Å²) >= 11 is 0. The molecule has 0 aliphatic rings. The minimum Gasteiger partial charge on any atom is -0.870 e. The van der Waals surface area contributed by atoms with Crippen LogP contribution in [0.2, 0.25) is 0 Å². The van der Waals surface area contributed by atoms with E-state index in [0.29, 0.717) is 6.07 Å². The van der Waals surface area contributed by atoms with Crippen molar-refractivity contribution in [2.45, 2.75) is 0 Å². The Morgan fingerprint density at radius 3 is 2.55 bits per heavy atom. The van der Waals surface area contributed by atoms with Crippen molar-refractivity contribution in [3.8, 4) is 0 Å². The molecule has 0 aliphatic heterocycles. The first-order valence-electron chi connectivity index (χ1n) is 4.98. The van der Waals surface area contributed by atoms with Crippen molar-refractivity contribution in [3.05, 3.63) is 53.7 Å². The minimum absolute atomic E-state index is 0. The molecule has 0 unspecified atom stereocenters. The molecule has 0 saturated heterocycles. The maximum absolute atomic E-state index is 13.4. The van der Waals surface area contributed by atoms with Gasteiger partial charge in [0.25, 0.3) is 0 Å². The molecule has 2 aromatic rings. The fourth-order valence-electron chi connectivity index (χ4n) is 1.40. The topological polar surface area (TPSA) is 92.2 Å². The molecule has 0 aliphatic carbocycles. The molecule has 20 heavy (non-hydrogen) atoms. The van der Waals surface area contributed by atoms with Gasteiger partial charge in [-0.05, 0) is 24.3 Å². The second-order valence-corrected chi connectivity index (χ2v) is 3.45. The fraction of sp³-hybridized carbons (Fsp3) is 0. The average molecular weight is 274 g/mol. The largest absolute Gasteiger partial charge is 1.00 e. The summed E-state index contributed by atoms with van der Waals surface area (Å²) in [6.45, 7) is 0. The molecule has 5 nitrogen and oxygen atoms in total. The number of pyridine rings is 1. The van der Waals surface area contributed by atoms with Gasteiger partial charge in [0.2, 0.25) is 0 Å². The van der Waals surface area contributed by atoms with Gasteiger partial charge in [-0.25, -0.2) is 18.6 Å². The Morgan fingerprint density at radius 1 is 1.25 bits per heavy atom. The number of hydrogen-bond donors (Lipinski definition) is 2. The van der Waals surface area contributed by atoms with Gasteiger partial charge in [0.1, 0.15) is 23.0 Å². The number of halogens is 2. The molecule has 1 aromatic carbocycles. The van der Waals surface area contributed by atoms with Gasteiger partial charge in [-0.2, -0.15) is 0 Å². The molecule has 0 radical (unpaired) electrons. The summed E-state index contributed by atoms with van der Waals surface area (Å²) in [4.78, 5) is 14.7. The van der Waals surface area contributed by atoms with Crippen LogP contribution < -0.4 is 24.2 Å². The number of hydrogen-bond acceptors (Lipinski definition) is 4. The number of aromatic carboxylic acids is 1. The van der Waals surface area contributed by atoms with Crippen LogP contribution in [0, 0.1) is 11.6 Å². The molecule has 0 atom stereocenters. The molecule has 1 heterocycles. The van der Waals surface area contributed by atoms with Crippen molar-refractivity contribution in [1.82, 2.24) is 4.98 Å². The van der Waals surface area contributed by atoms with Crippen LogP contribution in [0.15, 0.2) is 36.5 Å². The third kappa shape index (κ3) is 4.03. The van der Waals surface area contributed by atoms with E-state index in [-0.39, 0.29) is 41.4 Å². The SMILES string of the molecule is O=C(O)c1cccnc1Nc1ccc(F)cc1F.[Li+].[OH-]. The summed E-state index contributed by atoms with van der Waals surface area (Å²) in [5, 5.41) is 11.4. The minimum atomic E-state index is -1.19. The number of benzene rings is 1. The predicted octanol–water partition coefficient (Wildman–Crippen LogP) is -0.371. The van der Waals surface area contributed by atoms with Gasteiger partial charge in [0.05, 0.1) is 5.69 Å². The van der Waals surface area contributed by atoms with Crippen LogP contribution in [0.4, 0.5) is 20.3 Å². The number of anilines is 2. The molecule has 0 fully saturated rings. The average Bonchev–Trinajstić information content (AvgIpc) is 2.33. The molecule has 0 spiro atoms. The Morgan fingerprint density at radius 2 is 1.95 bits per heavy atom. The van der Waals surface area contributed by atoms with E-state index in [4.69, 9.17) is 5.11 Å². The quantitative estimate of drug-likeness (QED) is 0.745. The Balaban J connectivity index is 0.00000180. The van der Waals surface area contributed by atoms with Crippen molar-refractivity contribution in [2.24, 2.45) is 0 Å². The first-order chi connectivity index (χ1) is 8.58. The van der Waals surface area contributed by atoms with Gasteiger partial charge in [0, 0.05) is 12.3 Å². The van der Waals surface area contributed by atoms with Crippen LogP contribution in [-0.4, -0.2) is 21.5 Å². The first kappa shape index (κ1) is 18.1.